The zero-order chi connectivity index (χ0) is 10.1. The Morgan fingerprint density at radius 1 is 1.50 bits per heavy atom. The minimum Gasteiger partial charge on any atom is -0.306 e. The third-order valence-electron chi connectivity index (χ3n) is 3.05. The van der Waals surface area contributed by atoms with Crippen molar-refractivity contribution in [2.75, 3.05) is 14.1 Å². The normalized spacial score (nSPS) is 27.4. The highest BCUT2D eigenvalue weighted by molar-refractivity contribution is 9.10. The Morgan fingerprint density at radius 2 is 2.29 bits per heavy atom. The van der Waals surface area contributed by atoms with Crippen molar-refractivity contribution in [1.82, 2.24) is 14.7 Å². The van der Waals surface area contributed by atoms with Crippen LogP contribution < -0.4 is 0 Å². The highest BCUT2D eigenvalue weighted by Crippen LogP contribution is 2.32. The number of halogens is 1. The highest BCUT2D eigenvalue weighted by atomic mass is 79.9. The zero-order valence-corrected chi connectivity index (χ0v) is 10.2. The van der Waals surface area contributed by atoms with E-state index in [4.69, 9.17) is 0 Å². The summed E-state index contributed by atoms with van der Waals surface area (Å²) in [6.45, 7) is 0. The second kappa shape index (κ2) is 4.03. The number of aromatic nitrogens is 2. The Kier molecular flexibility index (Phi) is 2.93. The van der Waals surface area contributed by atoms with Crippen LogP contribution in [-0.4, -0.2) is 34.8 Å². The monoisotopic (exact) mass is 257 g/mol. The van der Waals surface area contributed by atoms with Gasteiger partial charge in [-0.1, -0.05) is 0 Å². The van der Waals surface area contributed by atoms with Gasteiger partial charge in [-0.15, -0.1) is 0 Å². The molecule has 1 fully saturated rings. The molecule has 1 heterocycles. The van der Waals surface area contributed by atoms with Gasteiger partial charge < -0.3 is 4.90 Å². The largest absolute Gasteiger partial charge is 0.306 e. The summed E-state index contributed by atoms with van der Waals surface area (Å²) >= 11 is 3.43. The fourth-order valence-corrected chi connectivity index (χ4v) is 2.46. The third kappa shape index (κ3) is 2.01. The van der Waals surface area contributed by atoms with E-state index in [1.165, 1.54) is 19.3 Å². The number of hydrogen-bond acceptors (Lipinski definition) is 2. The second-order valence-corrected chi connectivity index (χ2v) is 5.14. The van der Waals surface area contributed by atoms with E-state index in [1.807, 2.05) is 6.20 Å². The van der Waals surface area contributed by atoms with Crippen molar-refractivity contribution in [3.63, 3.8) is 0 Å². The maximum absolute atomic E-state index is 4.34. The van der Waals surface area contributed by atoms with Gasteiger partial charge >= 0.3 is 0 Å². The van der Waals surface area contributed by atoms with E-state index >= 15 is 0 Å². The molecular formula is C10H16BrN3. The Bertz CT molecular complexity index is 308. The van der Waals surface area contributed by atoms with Crippen molar-refractivity contribution in [3.05, 3.63) is 16.9 Å². The van der Waals surface area contributed by atoms with Gasteiger partial charge in [-0.3, -0.25) is 4.68 Å². The Labute approximate surface area is 93.2 Å². The first kappa shape index (κ1) is 10.2. The topological polar surface area (TPSA) is 21.1 Å². The van der Waals surface area contributed by atoms with Crippen LogP contribution in [0, 0.1) is 0 Å². The summed E-state index contributed by atoms with van der Waals surface area (Å²) in [5.74, 6) is 0. The minimum absolute atomic E-state index is 0.591. The lowest BCUT2D eigenvalue weighted by Gasteiger charge is -2.18. The summed E-state index contributed by atoms with van der Waals surface area (Å²) in [6.07, 6.45) is 7.69. The lowest BCUT2D eigenvalue weighted by atomic mass is 10.2. The Hall–Kier alpha value is -0.350. The molecule has 0 aromatic carbocycles. The van der Waals surface area contributed by atoms with Gasteiger partial charge in [0, 0.05) is 12.2 Å². The minimum atomic E-state index is 0.591. The van der Waals surface area contributed by atoms with Crippen molar-refractivity contribution < 1.29 is 0 Å². The van der Waals surface area contributed by atoms with E-state index in [2.05, 4.69) is 50.9 Å². The van der Waals surface area contributed by atoms with Crippen LogP contribution in [0.1, 0.15) is 25.3 Å². The molecule has 1 aliphatic carbocycles. The standard InChI is InChI=1S/C10H16BrN3/c1-13(2)9-3-4-10(5-9)14-7-8(11)6-12-14/h6-7,9-10H,3-5H2,1-2H3. The molecule has 2 atom stereocenters. The average Bonchev–Trinajstić information content (AvgIpc) is 2.70. The molecule has 0 radical (unpaired) electrons. The molecule has 0 bridgehead atoms. The fraction of sp³-hybridized carbons (Fsp3) is 0.700. The van der Waals surface area contributed by atoms with Gasteiger partial charge in [-0.2, -0.15) is 5.10 Å². The molecule has 1 aromatic rings. The number of hydrogen-bond donors (Lipinski definition) is 0. The van der Waals surface area contributed by atoms with Crippen molar-refractivity contribution in [3.8, 4) is 0 Å². The fourth-order valence-electron chi connectivity index (χ4n) is 2.16. The highest BCUT2D eigenvalue weighted by Gasteiger charge is 2.27. The molecule has 0 amide bonds. The molecule has 1 saturated carbocycles. The molecule has 0 spiro atoms. The van der Waals surface area contributed by atoms with Gasteiger partial charge in [0.2, 0.25) is 0 Å². The van der Waals surface area contributed by atoms with E-state index in [0.717, 1.165) is 10.5 Å². The molecule has 78 valence electrons. The summed E-state index contributed by atoms with van der Waals surface area (Å²) in [4.78, 5) is 2.32. The molecule has 4 heteroatoms. The van der Waals surface area contributed by atoms with Crippen LogP contribution in [0.3, 0.4) is 0 Å². The van der Waals surface area contributed by atoms with Crippen LogP contribution in [-0.2, 0) is 0 Å². The van der Waals surface area contributed by atoms with Crippen molar-refractivity contribution in [2.24, 2.45) is 0 Å². The smallest absolute Gasteiger partial charge is 0.0632 e. The van der Waals surface area contributed by atoms with E-state index in [-0.39, 0.29) is 0 Å². The SMILES string of the molecule is CN(C)C1CCC(n2cc(Br)cn2)C1. The van der Waals surface area contributed by atoms with E-state index < -0.39 is 0 Å². The van der Waals surface area contributed by atoms with Crippen LogP contribution in [0.25, 0.3) is 0 Å². The predicted molar refractivity (Wildman–Crippen MR) is 60.3 cm³/mol. The van der Waals surface area contributed by atoms with Gasteiger partial charge in [-0.25, -0.2) is 0 Å². The Balaban J connectivity index is 2.02. The van der Waals surface area contributed by atoms with Crippen LogP contribution >= 0.6 is 15.9 Å². The lowest BCUT2D eigenvalue weighted by molar-refractivity contribution is 0.288. The summed E-state index contributed by atoms with van der Waals surface area (Å²) in [7, 11) is 4.32. The first-order chi connectivity index (χ1) is 6.66. The van der Waals surface area contributed by atoms with Gasteiger partial charge in [0.05, 0.1) is 16.7 Å². The first-order valence-corrected chi connectivity index (χ1v) is 5.82. The van der Waals surface area contributed by atoms with Crippen LogP contribution in [0.15, 0.2) is 16.9 Å². The molecule has 2 unspecified atom stereocenters. The van der Waals surface area contributed by atoms with E-state index in [9.17, 15) is 0 Å². The lowest BCUT2D eigenvalue weighted by Crippen LogP contribution is -2.25. The van der Waals surface area contributed by atoms with Crippen LogP contribution in [0.5, 0.6) is 0 Å². The van der Waals surface area contributed by atoms with Crippen molar-refractivity contribution in [1.29, 1.82) is 0 Å². The molecular weight excluding hydrogens is 242 g/mol. The first-order valence-electron chi connectivity index (χ1n) is 5.03. The number of nitrogens with zero attached hydrogens (tertiary/aromatic N) is 3. The van der Waals surface area contributed by atoms with Crippen molar-refractivity contribution >= 4 is 15.9 Å². The molecule has 1 aliphatic rings. The summed E-state index contributed by atoms with van der Waals surface area (Å²) < 4.78 is 3.17. The van der Waals surface area contributed by atoms with Crippen LogP contribution in [0.4, 0.5) is 0 Å². The van der Waals surface area contributed by atoms with Gasteiger partial charge in [0.15, 0.2) is 0 Å². The number of rotatable bonds is 2. The quantitative estimate of drug-likeness (QED) is 0.811. The average molecular weight is 258 g/mol. The second-order valence-electron chi connectivity index (χ2n) is 4.22. The zero-order valence-electron chi connectivity index (χ0n) is 8.65. The summed E-state index contributed by atoms with van der Waals surface area (Å²) in [5, 5.41) is 4.34. The molecule has 3 nitrogen and oxygen atoms in total. The van der Waals surface area contributed by atoms with Gasteiger partial charge in [-0.05, 0) is 49.3 Å². The van der Waals surface area contributed by atoms with E-state index in [0.29, 0.717) is 6.04 Å². The third-order valence-corrected chi connectivity index (χ3v) is 3.46. The van der Waals surface area contributed by atoms with Crippen molar-refractivity contribution in [2.45, 2.75) is 31.3 Å². The van der Waals surface area contributed by atoms with E-state index in [1.54, 1.807) is 0 Å². The Morgan fingerprint density at radius 3 is 2.79 bits per heavy atom. The maximum Gasteiger partial charge on any atom is 0.0632 e. The molecule has 1 aromatic heterocycles. The summed E-state index contributed by atoms with van der Waals surface area (Å²) in [5.41, 5.74) is 0. The maximum atomic E-state index is 4.34. The molecule has 14 heavy (non-hydrogen) atoms. The molecule has 2 rings (SSSR count). The molecule has 0 aliphatic heterocycles. The van der Waals surface area contributed by atoms with Gasteiger partial charge in [0.1, 0.15) is 0 Å². The molecule has 0 saturated heterocycles. The predicted octanol–water partition coefficient (Wildman–Crippen LogP) is 2.30. The summed E-state index contributed by atoms with van der Waals surface area (Å²) in [6, 6.07) is 1.32. The van der Waals surface area contributed by atoms with Crippen LogP contribution in [0.2, 0.25) is 0 Å². The van der Waals surface area contributed by atoms with Gasteiger partial charge in [0.25, 0.3) is 0 Å². The molecule has 0 N–H and O–H groups in total.